The van der Waals surface area contributed by atoms with E-state index in [1.165, 1.54) is 30.3 Å². The zero-order chi connectivity index (χ0) is 25.1. The molecule has 1 N–H and O–H groups in total. The van der Waals surface area contributed by atoms with E-state index in [9.17, 15) is 18.8 Å². The molecule has 6 nitrogen and oxygen atoms in total. The smallest absolute Gasteiger partial charge is 0.335 e. The van der Waals surface area contributed by atoms with Gasteiger partial charge in [-0.2, -0.15) is 0 Å². The lowest BCUT2D eigenvalue weighted by molar-refractivity contribution is -0.122. The molecule has 1 heterocycles. The maximum absolute atomic E-state index is 14.1. The standard InChI is InChI=1S/C26H19Cl2FN2O4/c1-2-35-23-12-15(7-8-17(23)13-16-5-3-4-6-22(16)29)11-19-24(32)30-26(34)31(25(19)33)18-9-10-20(27)21(28)14-18/h3-12,14H,2,13H2,1H3,(H,30,32,34)/b19-11+. The molecule has 1 fully saturated rings. The predicted octanol–water partition coefficient (Wildman–Crippen LogP) is 5.79. The van der Waals surface area contributed by atoms with Crippen molar-refractivity contribution in [2.45, 2.75) is 13.3 Å². The molecular formula is C26H19Cl2FN2O4. The Balaban J connectivity index is 1.68. The van der Waals surface area contributed by atoms with Crippen molar-refractivity contribution in [3.8, 4) is 5.75 Å². The fourth-order valence-corrected chi connectivity index (χ4v) is 3.92. The highest BCUT2D eigenvalue weighted by atomic mass is 35.5. The van der Waals surface area contributed by atoms with E-state index in [0.29, 0.717) is 29.9 Å². The summed E-state index contributed by atoms with van der Waals surface area (Å²) in [6, 6.07) is 14.9. The zero-order valence-corrected chi connectivity index (χ0v) is 20.0. The number of amides is 4. The first-order valence-corrected chi connectivity index (χ1v) is 11.4. The van der Waals surface area contributed by atoms with Crippen LogP contribution in [0.3, 0.4) is 0 Å². The summed E-state index contributed by atoms with van der Waals surface area (Å²) in [4.78, 5) is 38.9. The molecule has 4 rings (SSSR count). The van der Waals surface area contributed by atoms with Crippen LogP contribution in [-0.2, 0) is 16.0 Å². The lowest BCUT2D eigenvalue weighted by Gasteiger charge is -2.26. The van der Waals surface area contributed by atoms with E-state index in [4.69, 9.17) is 27.9 Å². The molecule has 3 aromatic carbocycles. The Labute approximate surface area is 210 Å². The first kappa shape index (κ1) is 24.4. The number of nitrogens with zero attached hydrogens (tertiary/aromatic N) is 1. The van der Waals surface area contributed by atoms with Gasteiger partial charge in [-0.1, -0.05) is 53.5 Å². The molecule has 0 aromatic heterocycles. The van der Waals surface area contributed by atoms with E-state index in [1.54, 1.807) is 36.4 Å². The van der Waals surface area contributed by atoms with E-state index < -0.39 is 17.8 Å². The number of carbonyl (C=O) groups excluding carboxylic acids is 3. The molecule has 0 radical (unpaired) electrons. The van der Waals surface area contributed by atoms with Gasteiger partial charge >= 0.3 is 6.03 Å². The minimum atomic E-state index is -0.897. The number of hydrogen-bond acceptors (Lipinski definition) is 4. The van der Waals surface area contributed by atoms with Crippen molar-refractivity contribution < 1.29 is 23.5 Å². The van der Waals surface area contributed by atoms with Crippen LogP contribution in [0.1, 0.15) is 23.6 Å². The van der Waals surface area contributed by atoms with Crippen LogP contribution in [0.2, 0.25) is 10.0 Å². The number of ether oxygens (including phenoxy) is 1. The van der Waals surface area contributed by atoms with Crippen molar-refractivity contribution in [3.05, 3.63) is 98.8 Å². The Morgan fingerprint density at radius 2 is 1.74 bits per heavy atom. The molecule has 3 aromatic rings. The SMILES string of the molecule is CCOc1cc(/C=C2\C(=O)NC(=O)N(c3ccc(Cl)c(Cl)c3)C2=O)ccc1Cc1ccccc1F. The van der Waals surface area contributed by atoms with Crippen LogP contribution in [0.4, 0.5) is 14.9 Å². The van der Waals surface area contributed by atoms with Gasteiger partial charge in [0.1, 0.15) is 17.1 Å². The Bertz CT molecular complexity index is 1370. The van der Waals surface area contributed by atoms with Gasteiger partial charge in [-0.05, 0) is 60.0 Å². The highest BCUT2D eigenvalue weighted by Gasteiger charge is 2.37. The second kappa shape index (κ2) is 10.3. The normalized spacial score (nSPS) is 14.9. The van der Waals surface area contributed by atoms with Crippen LogP contribution in [-0.4, -0.2) is 24.5 Å². The van der Waals surface area contributed by atoms with Crippen LogP contribution in [0.5, 0.6) is 5.75 Å². The average Bonchev–Trinajstić information content (AvgIpc) is 2.82. The third kappa shape index (κ3) is 5.21. The van der Waals surface area contributed by atoms with Gasteiger partial charge in [-0.3, -0.25) is 14.9 Å². The number of nitrogens with one attached hydrogen (secondary N) is 1. The quantitative estimate of drug-likeness (QED) is 0.335. The van der Waals surface area contributed by atoms with Gasteiger partial charge in [0.25, 0.3) is 11.8 Å². The first-order chi connectivity index (χ1) is 16.8. The molecule has 9 heteroatoms. The van der Waals surface area contributed by atoms with Gasteiger partial charge in [0.2, 0.25) is 0 Å². The largest absolute Gasteiger partial charge is 0.494 e. The number of halogens is 3. The number of carbonyl (C=O) groups is 3. The van der Waals surface area contributed by atoms with E-state index in [2.05, 4.69) is 5.32 Å². The van der Waals surface area contributed by atoms with Crippen LogP contribution in [0, 0.1) is 5.82 Å². The minimum Gasteiger partial charge on any atom is -0.494 e. The van der Waals surface area contributed by atoms with E-state index in [-0.39, 0.29) is 27.1 Å². The fraction of sp³-hybridized carbons (Fsp3) is 0.115. The highest BCUT2D eigenvalue weighted by molar-refractivity contribution is 6.43. The molecule has 0 bridgehead atoms. The number of hydrogen-bond donors (Lipinski definition) is 1. The number of imide groups is 2. The molecule has 0 saturated carbocycles. The molecule has 1 saturated heterocycles. The van der Waals surface area contributed by atoms with E-state index in [1.807, 2.05) is 6.92 Å². The number of rotatable bonds is 6. The molecule has 0 unspecified atom stereocenters. The highest BCUT2D eigenvalue weighted by Crippen LogP contribution is 2.30. The molecule has 0 spiro atoms. The molecule has 4 amide bonds. The van der Waals surface area contributed by atoms with Crippen molar-refractivity contribution in [3.63, 3.8) is 0 Å². The van der Waals surface area contributed by atoms with Crippen molar-refractivity contribution in [1.29, 1.82) is 0 Å². The average molecular weight is 513 g/mol. The lowest BCUT2D eigenvalue weighted by Crippen LogP contribution is -2.54. The van der Waals surface area contributed by atoms with Gasteiger partial charge in [0.05, 0.1) is 22.3 Å². The topological polar surface area (TPSA) is 75.7 Å². The van der Waals surface area contributed by atoms with Crippen molar-refractivity contribution in [2.75, 3.05) is 11.5 Å². The number of benzene rings is 3. The second-order valence-electron chi connectivity index (χ2n) is 7.62. The van der Waals surface area contributed by atoms with Gasteiger partial charge < -0.3 is 4.74 Å². The Morgan fingerprint density at radius 3 is 2.46 bits per heavy atom. The summed E-state index contributed by atoms with van der Waals surface area (Å²) in [7, 11) is 0. The number of barbiturate groups is 1. The van der Waals surface area contributed by atoms with Crippen LogP contribution >= 0.6 is 23.2 Å². The third-order valence-electron chi connectivity index (χ3n) is 5.30. The monoisotopic (exact) mass is 512 g/mol. The molecule has 1 aliphatic rings. The maximum Gasteiger partial charge on any atom is 0.335 e. The Kier molecular flexibility index (Phi) is 7.19. The predicted molar refractivity (Wildman–Crippen MR) is 132 cm³/mol. The summed E-state index contributed by atoms with van der Waals surface area (Å²) >= 11 is 12.0. The second-order valence-corrected chi connectivity index (χ2v) is 8.44. The fourth-order valence-electron chi connectivity index (χ4n) is 3.63. The van der Waals surface area contributed by atoms with Crippen molar-refractivity contribution >= 4 is 52.8 Å². The summed E-state index contributed by atoms with van der Waals surface area (Å²) in [5.74, 6) is -1.47. The molecule has 1 aliphatic heterocycles. The van der Waals surface area contributed by atoms with E-state index >= 15 is 0 Å². The lowest BCUT2D eigenvalue weighted by atomic mass is 10.00. The third-order valence-corrected chi connectivity index (χ3v) is 6.04. The van der Waals surface area contributed by atoms with Crippen molar-refractivity contribution in [2.24, 2.45) is 0 Å². The van der Waals surface area contributed by atoms with Crippen LogP contribution in [0.25, 0.3) is 6.08 Å². The summed E-state index contributed by atoms with van der Waals surface area (Å²) in [6.45, 7) is 2.18. The molecule has 0 aliphatic carbocycles. The van der Waals surface area contributed by atoms with Gasteiger partial charge in [0.15, 0.2) is 0 Å². The Morgan fingerprint density at radius 1 is 0.971 bits per heavy atom. The van der Waals surface area contributed by atoms with E-state index in [0.717, 1.165) is 10.5 Å². The number of urea groups is 1. The Hall–Kier alpha value is -3.68. The summed E-state index contributed by atoms with van der Waals surface area (Å²) in [5, 5.41) is 2.57. The van der Waals surface area contributed by atoms with Crippen molar-refractivity contribution in [1.82, 2.24) is 5.32 Å². The maximum atomic E-state index is 14.1. The first-order valence-electron chi connectivity index (χ1n) is 10.6. The molecular weight excluding hydrogens is 494 g/mol. The molecule has 35 heavy (non-hydrogen) atoms. The summed E-state index contributed by atoms with van der Waals surface area (Å²) in [6.07, 6.45) is 1.67. The van der Waals surface area contributed by atoms with Gasteiger partial charge in [-0.15, -0.1) is 0 Å². The summed E-state index contributed by atoms with van der Waals surface area (Å²) in [5.41, 5.74) is 1.66. The van der Waals surface area contributed by atoms with Gasteiger partial charge in [-0.25, -0.2) is 14.1 Å². The minimum absolute atomic E-state index is 0.152. The number of anilines is 1. The zero-order valence-electron chi connectivity index (χ0n) is 18.5. The molecule has 178 valence electrons. The van der Waals surface area contributed by atoms with Gasteiger partial charge in [0, 0.05) is 6.42 Å². The van der Waals surface area contributed by atoms with Crippen LogP contribution < -0.4 is 15.0 Å². The summed E-state index contributed by atoms with van der Waals surface area (Å²) < 4.78 is 19.9. The molecule has 0 atom stereocenters. The van der Waals surface area contributed by atoms with Crippen LogP contribution in [0.15, 0.2) is 66.2 Å².